The molecule has 1 amide bonds. The fourth-order valence-electron chi connectivity index (χ4n) is 5.50. The second-order valence-corrected chi connectivity index (χ2v) is 11.4. The second-order valence-electron chi connectivity index (χ2n) is 10.6. The van der Waals surface area contributed by atoms with E-state index in [9.17, 15) is 9.59 Å². The van der Waals surface area contributed by atoms with E-state index in [-0.39, 0.29) is 42.3 Å². The molecule has 43 heavy (non-hydrogen) atoms. The van der Waals surface area contributed by atoms with Gasteiger partial charge in [0.15, 0.2) is 0 Å². The van der Waals surface area contributed by atoms with Gasteiger partial charge in [0, 0.05) is 45.1 Å². The van der Waals surface area contributed by atoms with Crippen LogP contribution in [0.25, 0.3) is 0 Å². The highest BCUT2D eigenvalue weighted by atomic mass is 35.5. The zero-order valence-electron chi connectivity index (χ0n) is 24.6. The summed E-state index contributed by atoms with van der Waals surface area (Å²) in [7, 11) is 1.85. The van der Waals surface area contributed by atoms with Gasteiger partial charge in [-0.25, -0.2) is 0 Å². The summed E-state index contributed by atoms with van der Waals surface area (Å²) in [5.41, 5.74) is 2.47. The number of ether oxygens (including phenoxy) is 2. The van der Waals surface area contributed by atoms with Crippen molar-refractivity contribution in [1.82, 2.24) is 9.80 Å². The van der Waals surface area contributed by atoms with Crippen LogP contribution in [-0.2, 0) is 19.9 Å². The Morgan fingerprint density at radius 3 is 2.16 bits per heavy atom. The van der Waals surface area contributed by atoms with Crippen molar-refractivity contribution in [3.05, 3.63) is 106 Å². The summed E-state index contributed by atoms with van der Waals surface area (Å²) >= 11 is 12.6. The SMILES string of the molecule is CC(=O)OCCOC1(c2ccccc2)CCN(CCC(CN(C)C(=O)c2ccccc2)c2ccc(Cl)c(Cl)c2)CC1.Cl.O. The topological polar surface area (TPSA) is 90.6 Å². The highest BCUT2D eigenvalue weighted by Crippen LogP contribution is 2.37. The molecule has 234 valence electrons. The molecule has 1 unspecified atom stereocenters. The molecule has 0 spiro atoms. The lowest BCUT2D eigenvalue weighted by Crippen LogP contribution is -2.45. The number of nitrogens with zero attached hydrogens (tertiary/aromatic N) is 2. The molecule has 0 aromatic heterocycles. The molecule has 10 heteroatoms. The van der Waals surface area contributed by atoms with Crippen molar-refractivity contribution in [3.63, 3.8) is 0 Å². The van der Waals surface area contributed by atoms with E-state index < -0.39 is 5.60 Å². The molecule has 2 N–H and O–H groups in total. The van der Waals surface area contributed by atoms with E-state index in [0.717, 1.165) is 50.0 Å². The van der Waals surface area contributed by atoms with E-state index in [0.29, 0.717) is 28.8 Å². The number of piperidine rings is 1. The number of amides is 1. The van der Waals surface area contributed by atoms with E-state index >= 15 is 0 Å². The van der Waals surface area contributed by atoms with Crippen molar-refractivity contribution in [1.29, 1.82) is 0 Å². The molecule has 1 atom stereocenters. The van der Waals surface area contributed by atoms with Crippen LogP contribution in [-0.4, -0.2) is 73.6 Å². The molecule has 0 radical (unpaired) electrons. The third kappa shape index (κ3) is 10.2. The van der Waals surface area contributed by atoms with Gasteiger partial charge in [-0.2, -0.15) is 0 Å². The average Bonchev–Trinajstić information content (AvgIpc) is 3.00. The summed E-state index contributed by atoms with van der Waals surface area (Å²) in [5, 5.41) is 1.03. The number of esters is 1. The first kappa shape index (κ1) is 36.5. The summed E-state index contributed by atoms with van der Waals surface area (Å²) in [4.78, 5) is 28.6. The quantitative estimate of drug-likeness (QED) is 0.167. The van der Waals surface area contributed by atoms with Crippen LogP contribution in [0, 0.1) is 0 Å². The summed E-state index contributed by atoms with van der Waals surface area (Å²) in [6.07, 6.45) is 2.53. The lowest BCUT2D eigenvalue weighted by atomic mass is 9.83. The maximum Gasteiger partial charge on any atom is 0.302 e. The minimum atomic E-state index is -0.413. The molecule has 3 aromatic carbocycles. The average molecular weight is 652 g/mol. The molecule has 7 nitrogen and oxygen atoms in total. The van der Waals surface area contributed by atoms with Gasteiger partial charge < -0.3 is 24.7 Å². The molecule has 0 bridgehead atoms. The Morgan fingerprint density at radius 2 is 1.56 bits per heavy atom. The fraction of sp³-hybridized carbons (Fsp3) is 0.394. The van der Waals surface area contributed by atoms with Crippen LogP contribution < -0.4 is 0 Å². The first-order valence-electron chi connectivity index (χ1n) is 14.1. The molecule has 0 aliphatic carbocycles. The molecule has 1 aliphatic rings. The minimum Gasteiger partial charge on any atom is -0.463 e. The highest BCUT2D eigenvalue weighted by Gasteiger charge is 2.37. The van der Waals surface area contributed by atoms with Gasteiger partial charge in [-0.15, -0.1) is 12.4 Å². The minimum absolute atomic E-state index is 0. The Bertz CT molecular complexity index is 1290. The standard InChI is InChI=1S/C33H38Cl2N2O4.ClH.H2O/c1-25(38)40-21-22-41-33(29-11-7-4-8-12-29)16-19-37(20-17-33)18-15-28(27-13-14-30(34)31(35)23-27)24-36(2)32(39)26-9-5-3-6-10-26;;/h3-14,23,28H,15-22,24H2,1-2H3;1H;1H2. The van der Waals surface area contributed by atoms with Crippen molar-refractivity contribution in [2.24, 2.45) is 0 Å². The van der Waals surface area contributed by atoms with Gasteiger partial charge in [0.1, 0.15) is 6.61 Å². The molecule has 3 aromatic rings. The number of likely N-dealkylation sites (tertiary alicyclic amines) is 1. The van der Waals surface area contributed by atoms with Crippen LogP contribution >= 0.6 is 35.6 Å². The first-order valence-corrected chi connectivity index (χ1v) is 14.8. The van der Waals surface area contributed by atoms with Crippen LogP contribution in [0.1, 0.15) is 53.6 Å². The zero-order valence-corrected chi connectivity index (χ0v) is 27.0. The van der Waals surface area contributed by atoms with Gasteiger partial charge in [0.05, 0.1) is 22.3 Å². The molecule has 4 rings (SSSR count). The third-order valence-corrected chi connectivity index (χ3v) is 8.54. The van der Waals surface area contributed by atoms with Gasteiger partial charge in [-0.1, -0.05) is 77.8 Å². The monoisotopic (exact) mass is 650 g/mol. The van der Waals surface area contributed by atoms with Crippen LogP contribution in [0.5, 0.6) is 0 Å². The number of carbonyl (C=O) groups is 2. The highest BCUT2D eigenvalue weighted by molar-refractivity contribution is 6.42. The van der Waals surface area contributed by atoms with Gasteiger partial charge >= 0.3 is 5.97 Å². The number of hydrogen-bond acceptors (Lipinski definition) is 5. The number of carbonyl (C=O) groups excluding carboxylic acids is 2. The Morgan fingerprint density at radius 1 is 0.930 bits per heavy atom. The summed E-state index contributed by atoms with van der Waals surface area (Å²) < 4.78 is 11.5. The van der Waals surface area contributed by atoms with Crippen molar-refractivity contribution in [2.45, 2.75) is 37.7 Å². The first-order chi connectivity index (χ1) is 19.8. The summed E-state index contributed by atoms with van der Waals surface area (Å²) in [6.45, 7) is 5.18. The van der Waals surface area contributed by atoms with E-state index in [1.807, 2.05) is 73.8 Å². The summed E-state index contributed by atoms with van der Waals surface area (Å²) in [6, 6.07) is 25.4. The number of hydrogen-bond donors (Lipinski definition) is 0. The fourth-order valence-corrected chi connectivity index (χ4v) is 5.81. The van der Waals surface area contributed by atoms with E-state index in [1.165, 1.54) is 6.92 Å². The lowest BCUT2D eigenvalue weighted by Gasteiger charge is -2.42. The van der Waals surface area contributed by atoms with Crippen LogP contribution in [0.3, 0.4) is 0 Å². The molecule has 1 saturated heterocycles. The van der Waals surface area contributed by atoms with Crippen molar-refractivity contribution in [2.75, 3.05) is 46.4 Å². The van der Waals surface area contributed by atoms with Crippen LogP contribution in [0.2, 0.25) is 10.0 Å². The molecule has 0 saturated carbocycles. The van der Waals surface area contributed by atoms with Crippen LogP contribution in [0.4, 0.5) is 0 Å². The summed E-state index contributed by atoms with van der Waals surface area (Å²) in [5.74, 6) is -0.222. The molecule has 1 heterocycles. The maximum absolute atomic E-state index is 13.1. The number of halogens is 3. The lowest BCUT2D eigenvalue weighted by molar-refractivity contribution is -0.147. The van der Waals surface area contributed by atoms with E-state index in [2.05, 4.69) is 17.0 Å². The van der Waals surface area contributed by atoms with Gasteiger partial charge in [0.25, 0.3) is 5.91 Å². The molecular formula is C33H41Cl3N2O5. The van der Waals surface area contributed by atoms with Gasteiger partial charge in [-0.05, 0) is 61.2 Å². The molecule has 1 fully saturated rings. The van der Waals surface area contributed by atoms with Crippen molar-refractivity contribution >= 4 is 47.5 Å². The van der Waals surface area contributed by atoms with Crippen molar-refractivity contribution < 1.29 is 24.5 Å². The number of benzene rings is 3. The maximum atomic E-state index is 13.1. The Kier molecular flexibility index (Phi) is 15.0. The van der Waals surface area contributed by atoms with Crippen LogP contribution in [0.15, 0.2) is 78.9 Å². The molecule has 1 aliphatic heterocycles. The number of rotatable bonds is 12. The molecular weight excluding hydrogens is 611 g/mol. The van der Waals surface area contributed by atoms with E-state index in [4.69, 9.17) is 32.7 Å². The predicted octanol–water partition coefficient (Wildman–Crippen LogP) is 6.41. The largest absolute Gasteiger partial charge is 0.463 e. The van der Waals surface area contributed by atoms with Crippen molar-refractivity contribution in [3.8, 4) is 0 Å². The van der Waals surface area contributed by atoms with E-state index in [1.54, 1.807) is 4.90 Å². The third-order valence-electron chi connectivity index (χ3n) is 7.80. The Labute approximate surface area is 270 Å². The Hall–Kier alpha value is -2.65. The van der Waals surface area contributed by atoms with Gasteiger partial charge in [0.2, 0.25) is 0 Å². The zero-order chi connectivity index (χ0) is 29.2. The van der Waals surface area contributed by atoms with Gasteiger partial charge in [-0.3, -0.25) is 9.59 Å². The predicted molar refractivity (Wildman–Crippen MR) is 174 cm³/mol. The normalized spacial score (nSPS) is 15.0. The second kappa shape index (κ2) is 17.6. The Balaban J connectivity index is 0.00000323. The number of likely N-dealkylation sites (N-methyl/N-ethyl adjacent to an activating group) is 1. The smallest absolute Gasteiger partial charge is 0.302 e.